The van der Waals surface area contributed by atoms with E-state index in [4.69, 9.17) is 21.1 Å². The molecule has 31 heavy (non-hydrogen) atoms. The van der Waals surface area contributed by atoms with Crippen molar-refractivity contribution in [1.82, 2.24) is 20.8 Å². The number of hydrogen-bond donors (Lipinski definition) is 3. The van der Waals surface area contributed by atoms with Crippen LogP contribution in [-0.2, 0) is 6.42 Å². The number of nitrogens with one attached hydrogen (secondary N) is 2. The van der Waals surface area contributed by atoms with E-state index in [0.717, 1.165) is 43.9 Å². The number of aliphatic hydroxyl groups is 1. The lowest BCUT2D eigenvalue weighted by molar-refractivity contribution is 0.137. The summed E-state index contributed by atoms with van der Waals surface area (Å²) in [7, 11) is 0. The number of benzene rings is 1. The lowest BCUT2D eigenvalue weighted by Crippen LogP contribution is -2.40. The van der Waals surface area contributed by atoms with Gasteiger partial charge < -0.3 is 20.3 Å². The molecule has 172 valence electrons. The van der Waals surface area contributed by atoms with Crippen molar-refractivity contribution in [2.24, 2.45) is 10.4 Å². The van der Waals surface area contributed by atoms with Gasteiger partial charge in [-0.2, -0.15) is 4.98 Å². The number of aliphatic hydroxyl groups excluding tert-OH is 1. The molecule has 1 fully saturated rings. The minimum atomic E-state index is 0. The minimum absolute atomic E-state index is 0. The van der Waals surface area contributed by atoms with Gasteiger partial charge in [0.15, 0.2) is 5.96 Å². The maximum Gasteiger partial charge on any atom is 0.228 e. The average molecular weight is 562 g/mol. The largest absolute Gasteiger partial charge is 0.396 e. The molecule has 1 aromatic heterocycles. The Hall–Kier alpha value is -1.39. The van der Waals surface area contributed by atoms with Gasteiger partial charge in [0.05, 0.1) is 0 Å². The van der Waals surface area contributed by atoms with Gasteiger partial charge in [0, 0.05) is 43.2 Å². The Labute approximate surface area is 206 Å². The second-order valence-corrected chi connectivity index (χ2v) is 8.36. The van der Waals surface area contributed by atoms with Gasteiger partial charge in [-0.3, -0.25) is 4.99 Å². The summed E-state index contributed by atoms with van der Waals surface area (Å²) in [6, 6.07) is 7.37. The standard InChI is InChI=1S/C22H32ClN5O2.HI/c1-2-24-21(26-16-22(13-15-29)11-4-3-5-12-22)25-14-10-19-27-20(28-30-19)17-6-8-18(23)9-7-17;/h6-9,29H,2-5,10-16H2,1H3,(H2,24,25,26);1H. The topological polar surface area (TPSA) is 95.6 Å². The Morgan fingerprint density at radius 2 is 1.94 bits per heavy atom. The molecule has 0 amide bonds. The van der Waals surface area contributed by atoms with E-state index < -0.39 is 0 Å². The van der Waals surface area contributed by atoms with Crippen LogP contribution >= 0.6 is 35.6 Å². The van der Waals surface area contributed by atoms with E-state index in [9.17, 15) is 5.11 Å². The number of guanidine groups is 1. The normalized spacial score (nSPS) is 15.9. The third-order valence-electron chi connectivity index (χ3n) is 5.67. The van der Waals surface area contributed by atoms with Gasteiger partial charge in [0.25, 0.3) is 0 Å². The molecular weight excluding hydrogens is 529 g/mol. The predicted octanol–water partition coefficient (Wildman–Crippen LogP) is 4.44. The van der Waals surface area contributed by atoms with Crippen LogP contribution < -0.4 is 10.6 Å². The van der Waals surface area contributed by atoms with Crippen molar-refractivity contribution < 1.29 is 9.63 Å². The first-order chi connectivity index (χ1) is 14.6. The first-order valence-corrected chi connectivity index (χ1v) is 11.2. The van der Waals surface area contributed by atoms with E-state index in [-0.39, 0.29) is 36.0 Å². The summed E-state index contributed by atoms with van der Waals surface area (Å²) < 4.78 is 5.37. The fraction of sp³-hybridized carbons (Fsp3) is 0.591. The SMILES string of the molecule is CCNC(=NCC1(CCO)CCCCC1)NCCc1nc(-c2ccc(Cl)cc2)no1.I. The molecule has 0 radical (unpaired) electrons. The van der Waals surface area contributed by atoms with E-state index in [0.29, 0.717) is 29.7 Å². The Bertz CT molecular complexity index is 801. The van der Waals surface area contributed by atoms with Crippen LogP contribution in [0.2, 0.25) is 5.02 Å². The van der Waals surface area contributed by atoms with Crippen LogP contribution in [0.1, 0.15) is 51.3 Å². The van der Waals surface area contributed by atoms with Crippen LogP contribution in [0.15, 0.2) is 33.8 Å². The maximum absolute atomic E-state index is 9.51. The summed E-state index contributed by atoms with van der Waals surface area (Å²) in [4.78, 5) is 9.28. The summed E-state index contributed by atoms with van der Waals surface area (Å²) in [5.41, 5.74) is 1.01. The first kappa shape index (κ1) is 25.9. The van der Waals surface area contributed by atoms with Crippen molar-refractivity contribution in [3.63, 3.8) is 0 Å². The highest BCUT2D eigenvalue weighted by atomic mass is 127. The molecule has 1 heterocycles. The number of halogens is 2. The van der Waals surface area contributed by atoms with Crippen LogP contribution in [0.4, 0.5) is 0 Å². The van der Waals surface area contributed by atoms with Crippen molar-refractivity contribution in [1.29, 1.82) is 0 Å². The molecule has 7 nitrogen and oxygen atoms in total. The van der Waals surface area contributed by atoms with Crippen LogP contribution in [0.25, 0.3) is 11.4 Å². The molecule has 2 aromatic rings. The van der Waals surface area contributed by atoms with Gasteiger partial charge in [0.2, 0.25) is 11.7 Å². The zero-order valence-corrected chi connectivity index (χ0v) is 21.2. The van der Waals surface area contributed by atoms with Crippen LogP contribution in [0.3, 0.4) is 0 Å². The maximum atomic E-state index is 9.51. The molecule has 1 saturated carbocycles. The Morgan fingerprint density at radius 1 is 1.19 bits per heavy atom. The molecule has 0 unspecified atom stereocenters. The van der Waals surface area contributed by atoms with Crippen LogP contribution in [0.5, 0.6) is 0 Å². The highest BCUT2D eigenvalue weighted by molar-refractivity contribution is 14.0. The van der Waals surface area contributed by atoms with Crippen molar-refractivity contribution in [2.75, 3.05) is 26.2 Å². The van der Waals surface area contributed by atoms with Gasteiger partial charge >= 0.3 is 0 Å². The van der Waals surface area contributed by atoms with Gasteiger partial charge in [-0.05, 0) is 55.9 Å². The number of nitrogens with zero attached hydrogens (tertiary/aromatic N) is 3. The van der Waals surface area contributed by atoms with E-state index in [1.165, 1.54) is 19.3 Å². The molecule has 1 aromatic carbocycles. The Balaban J connectivity index is 0.00000341. The molecule has 3 N–H and O–H groups in total. The molecule has 0 saturated heterocycles. The first-order valence-electron chi connectivity index (χ1n) is 10.9. The molecule has 0 bridgehead atoms. The second-order valence-electron chi connectivity index (χ2n) is 7.92. The summed E-state index contributed by atoms with van der Waals surface area (Å²) in [5, 5.41) is 20.9. The molecule has 3 rings (SSSR count). The fourth-order valence-corrected chi connectivity index (χ4v) is 4.10. The summed E-state index contributed by atoms with van der Waals surface area (Å²) in [6.07, 6.45) is 7.46. The van der Waals surface area contributed by atoms with E-state index >= 15 is 0 Å². The number of rotatable bonds is 9. The van der Waals surface area contributed by atoms with E-state index in [1.54, 1.807) is 0 Å². The zero-order chi connectivity index (χ0) is 21.2. The van der Waals surface area contributed by atoms with Crippen molar-refractivity contribution in [3.8, 4) is 11.4 Å². The molecule has 0 spiro atoms. The zero-order valence-electron chi connectivity index (χ0n) is 18.1. The Morgan fingerprint density at radius 3 is 2.61 bits per heavy atom. The highest BCUT2D eigenvalue weighted by Gasteiger charge is 2.31. The molecule has 1 aliphatic carbocycles. The molecule has 0 aliphatic heterocycles. The van der Waals surface area contributed by atoms with Crippen LogP contribution in [-0.4, -0.2) is 47.4 Å². The summed E-state index contributed by atoms with van der Waals surface area (Å²) in [6.45, 7) is 4.45. The van der Waals surface area contributed by atoms with Gasteiger partial charge in [-0.15, -0.1) is 24.0 Å². The van der Waals surface area contributed by atoms with Crippen molar-refractivity contribution in [3.05, 3.63) is 35.2 Å². The molecular formula is C22H33ClIN5O2. The van der Waals surface area contributed by atoms with Crippen LogP contribution in [0, 0.1) is 5.41 Å². The van der Waals surface area contributed by atoms with E-state index in [1.807, 2.05) is 24.3 Å². The van der Waals surface area contributed by atoms with Crippen molar-refractivity contribution >= 4 is 41.5 Å². The third-order valence-corrected chi connectivity index (χ3v) is 5.93. The summed E-state index contributed by atoms with van der Waals surface area (Å²) >= 11 is 5.93. The van der Waals surface area contributed by atoms with E-state index in [2.05, 4.69) is 27.7 Å². The predicted molar refractivity (Wildman–Crippen MR) is 135 cm³/mol. The van der Waals surface area contributed by atoms with Gasteiger partial charge in [0.1, 0.15) is 0 Å². The van der Waals surface area contributed by atoms with Gasteiger partial charge in [-0.1, -0.05) is 36.0 Å². The second kappa shape index (κ2) is 13.2. The highest BCUT2D eigenvalue weighted by Crippen LogP contribution is 2.39. The quantitative estimate of drug-likeness (QED) is 0.238. The molecule has 0 atom stereocenters. The summed E-state index contributed by atoms with van der Waals surface area (Å²) in [5.74, 6) is 1.93. The smallest absolute Gasteiger partial charge is 0.228 e. The Kier molecular flexibility index (Phi) is 11.0. The molecule has 9 heteroatoms. The van der Waals surface area contributed by atoms with Gasteiger partial charge in [-0.25, -0.2) is 0 Å². The lowest BCUT2D eigenvalue weighted by atomic mass is 9.72. The average Bonchev–Trinajstić information content (AvgIpc) is 3.22. The number of aromatic nitrogens is 2. The molecule has 1 aliphatic rings. The fourth-order valence-electron chi connectivity index (χ4n) is 3.98. The third kappa shape index (κ3) is 7.91. The lowest BCUT2D eigenvalue weighted by Gasteiger charge is -2.35. The monoisotopic (exact) mass is 561 g/mol. The number of aliphatic imine (C=N–C) groups is 1. The number of hydrogen-bond acceptors (Lipinski definition) is 5. The minimum Gasteiger partial charge on any atom is -0.396 e. The van der Waals surface area contributed by atoms with Crippen molar-refractivity contribution in [2.45, 2.75) is 51.9 Å².